The molecule has 0 spiro atoms. The Balaban J connectivity index is 2.65. The lowest BCUT2D eigenvalue weighted by Gasteiger charge is -2.09. The van der Waals surface area contributed by atoms with Crippen LogP contribution in [-0.4, -0.2) is 23.5 Å². The first-order chi connectivity index (χ1) is 8.52. The van der Waals surface area contributed by atoms with Gasteiger partial charge in [-0.2, -0.15) is 0 Å². The molecule has 0 aliphatic rings. The first-order valence-corrected chi connectivity index (χ1v) is 6.35. The van der Waals surface area contributed by atoms with Crippen molar-refractivity contribution in [1.29, 1.82) is 0 Å². The monoisotopic (exact) mass is 315 g/mol. The van der Waals surface area contributed by atoms with Crippen molar-refractivity contribution in [3.63, 3.8) is 0 Å². The summed E-state index contributed by atoms with van der Waals surface area (Å²) in [4.78, 5) is 21.7. The Labute approximate surface area is 113 Å². The summed E-state index contributed by atoms with van der Waals surface area (Å²) in [6.45, 7) is 1.91. The van der Waals surface area contributed by atoms with Gasteiger partial charge >= 0.3 is 5.97 Å². The van der Waals surface area contributed by atoms with Crippen molar-refractivity contribution >= 4 is 21.9 Å². The zero-order chi connectivity index (χ0) is 13.5. The molecular weight excluding hydrogens is 302 g/mol. The van der Waals surface area contributed by atoms with Crippen molar-refractivity contribution in [2.75, 3.05) is 6.61 Å². The van der Waals surface area contributed by atoms with Gasteiger partial charge < -0.3 is 4.74 Å². The Morgan fingerprint density at radius 3 is 2.56 bits per heavy atom. The van der Waals surface area contributed by atoms with Gasteiger partial charge in [-0.1, -0.05) is 28.1 Å². The Morgan fingerprint density at radius 1 is 1.44 bits per heavy atom. The summed E-state index contributed by atoms with van der Waals surface area (Å²) in [7, 11) is 0. The molecule has 1 unspecified atom stereocenters. The summed E-state index contributed by atoms with van der Waals surface area (Å²) in [5.41, 5.74) is 0.823. The number of carbonyl (C=O) groups is 1. The molecule has 0 bridgehead atoms. The maximum absolute atomic E-state index is 11.3. The van der Waals surface area contributed by atoms with E-state index in [-0.39, 0.29) is 19.4 Å². The highest BCUT2D eigenvalue weighted by Crippen LogP contribution is 2.14. The largest absolute Gasteiger partial charge is 0.466 e. The van der Waals surface area contributed by atoms with E-state index in [2.05, 4.69) is 15.9 Å². The maximum atomic E-state index is 11.3. The van der Waals surface area contributed by atoms with Crippen LogP contribution in [0.1, 0.15) is 18.9 Å². The zero-order valence-electron chi connectivity index (χ0n) is 9.97. The smallest absolute Gasteiger partial charge is 0.312 e. The zero-order valence-corrected chi connectivity index (χ0v) is 11.6. The summed E-state index contributed by atoms with van der Waals surface area (Å²) >= 11 is 3.29. The van der Waals surface area contributed by atoms with Crippen molar-refractivity contribution in [2.45, 2.75) is 25.8 Å². The van der Waals surface area contributed by atoms with Crippen LogP contribution in [0.15, 0.2) is 28.7 Å². The summed E-state index contributed by atoms with van der Waals surface area (Å²) in [6, 6.07) is 6.29. The lowest BCUT2D eigenvalue weighted by atomic mass is 10.0. The number of hydrogen-bond donors (Lipinski definition) is 0. The molecule has 0 radical (unpaired) electrons. The van der Waals surface area contributed by atoms with Crippen LogP contribution < -0.4 is 0 Å². The summed E-state index contributed by atoms with van der Waals surface area (Å²) in [5, 5.41) is 10.9. The molecule has 0 aliphatic carbocycles. The quantitative estimate of drug-likeness (QED) is 0.459. The van der Waals surface area contributed by atoms with E-state index in [1.807, 2.05) is 12.1 Å². The Morgan fingerprint density at radius 2 is 2.06 bits per heavy atom. The van der Waals surface area contributed by atoms with Gasteiger partial charge in [0.25, 0.3) is 0 Å². The van der Waals surface area contributed by atoms with Crippen LogP contribution in [0.4, 0.5) is 0 Å². The van der Waals surface area contributed by atoms with Crippen molar-refractivity contribution < 1.29 is 14.5 Å². The Hall–Kier alpha value is -1.43. The van der Waals surface area contributed by atoms with E-state index < -0.39 is 16.9 Å². The van der Waals surface area contributed by atoms with Gasteiger partial charge in [-0.3, -0.25) is 14.9 Å². The number of halogens is 1. The minimum atomic E-state index is -0.940. The highest BCUT2D eigenvalue weighted by atomic mass is 79.9. The fourth-order valence-electron chi connectivity index (χ4n) is 1.53. The summed E-state index contributed by atoms with van der Waals surface area (Å²) in [6.07, 6.45) is 0.0238. The molecule has 1 rings (SSSR count). The lowest BCUT2D eigenvalue weighted by molar-refractivity contribution is -0.521. The molecule has 1 aromatic carbocycles. The maximum Gasteiger partial charge on any atom is 0.312 e. The normalized spacial score (nSPS) is 11.9. The molecule has 0 saturated carbocycles. The van der Waals surface area contributed by atoms with Gasteiger partial charge in [-0.05, 0) is 24.6 Å². The predicted octanol–water partition coefficient (Wildman–Crippen LogP) is 2.59. The second kappa shape index (κ2) is 7.10. The van der Waals surface area contributed by atoms with Crippen LogP contribution in [0.5, 0.6) is 0 Å². The average Bonchev–Trinajstić information content (AvgIpc) is 2.31. The Kier molecular flexibility index (Phi) is 5.77. The molecule has 0 heterocycles. The molecule has 0 aliphatic heterocycles. The number of rotatable bonds is 6. The van der Waals surface area contributed by atoms with Gasteiger partial charge in [0.15, 0.2) is 0 Å². The van der Waals surface area contributed by atoms with Crippen molar-refractivity contribution in [3.8, 4) is 0 Å². The molecule has 6 heteroatoms. The number of esters is 1. The van der Waals surface area contributed by atoms with Crippen LogP contribution in [0.3, 0.4) is 0 Å². The van der Waals surface area contributed by atoms with E-state index in [4.69, 9.17) is 4.74 Å². The Bertz CT molecular complexity index is 419. The van der Waals surface area contributed by atoms with Crippen molar-refractivity contribution in [2.24, 2.45) is 0 Å². The number of carbonyl (C=O) groups excluding carboxylic acids is 1. The lowest BCUT2D eigenvalue weighted by Crippen LogP contribution is -2.26. The van der Waals surface area contributed by atoms with E-state index >= 15 is 0 Å². The highest BCUT2D eigenvalue weighted by molar-refractivity contribution is 9.10. The highest BCUT2D eigenvalue weighted by Gasteiger charge is 2.25. The molecular formula is C12H14BrNO4. The third-order valence-electron chi connectivity index (χ3n) is 2.39. The third kappa shape index (κ3) is 4.83. The topological polar surface area (TPSA) is 69.4 Å². The van der Waals surface area contributed by atoms with Gasteiger partial charge in [-0.25, -0.2) is 0 Å². The molecule has 18 heavy (non-hydrogen) atoms. The van der Waals surface area contributed by atoms with E-state index in [1.54, 1.807) is 19.1 Å². The second-order valence-corrected chi connectivity index (χ2v) is 4.69. The SMILES string of the molecule is CCOC(=O)CC(Cc1ccc(Br)cc1)[N+](=O)[O-]. The van der Waals surface area contributed by atoms with E-state index in [1.165, 1.54) is 0 Å². The van der Waals surface area contributed by atoms with Crippen LogP contribution in [0.25, 0.3) is 0 Å². The second-order valence-electron chi connectivity index (χ2n) is 3.78. The molecule has 1 atom stereocenters. The van der Waals surface area contributed by atoms with Crippen LogP contribution in [0, 0.1) is 10.1 Å². The van der Waals surface area contributed by atoms with Gasteiger partial charge in [0.05, 0.1) is 6.61 Å². The molecule has 0 saturated heterocycles. The number of hydrogen-bond acceptors (Lipinski definition) is 4. The molecule has 0 fully saturated rings. The number of nitrogens with zero attached hydrogens (tertiary/aromatic N) is 1. The molecule has 0 N–H and O–H groups in total. The minimum Gasteiger partial charge on any atom is -0.466 e. The molecule has 1 aromatic rings. The first kappa shape index (κ1) is 14.6. The number of ether oxygens (including phenoxy) is 1. The third-order valence-corrected chi connectivity index (χ3v) is 2.92. The number of benzene rings is 1. The van der Waals surface area contributed by atoms with Crippen molar-refractivity contribution in [3.05, 3.63) is 44.4 Å². The van der Waals surface area contributed by atoms with Gasteiger partial charge in [0.1, 0.15) is 6.42 Å². The predicted molar refractivity (Wildman–Crippen MR) is 69.9 cm³/mol. The molecule has 98 valence electrons. The van der Waals surface area contributed by atoms with Crippen molar-refractivity contribution in [1.82, 2.24) is 0 Å². The van der Waals surface area contributed by atoms with E-state index in [9.17, 15) is 14.9 Å². The average molecular weight is 316 g/mol. The van der Waals surface area contributed by atoms with Crippen LogP contribution in [0.2, 0.25) is 0 Å². The van der Waals surface area contributed by atoms with Gasteiger partial charge in [-0.15, -0.1) is 0 Å². The minimum absolute atomic E-state index is 0.198. The van der Waals surface area contributed by atoms with E-state index in [0.29, 0.717) is 0 Å². The number of nitro groups is 1. The summed E-state index contributed by atoms with van der Waals surface area (Å²) < 4.78 is 5.64. The first-order valence-electron chi connectivity index (χ1n) is 5.56. The molecule has 5 nitrogen and oxygen atoms in total. The van der Waals surface area contributed by atoms with Crippen LogP contribution >= 0.6 is 15.9 Å². The summed E-state index contributed by atoms with van der Waals surface area (Å²) in [5.74, 6) is -0.531. The molecule has 0 amide bonds. The fourth-order valence-corrected chi connectivity index (χ4v) is 1.79. The standard InChI is InChI=1S/C12H14BrNO4/c1-2-18-12(15)8-11(14(16)17)7-9-3-5-10(13)6-4-9/h3-6,11H,2,7-8H2,1H3. The van der Waals surface area contributed by atoms with E-state index in [0.717, 1.165) is 10.0 Å². The van der Waals surface area contributed by atoms with Crippen LogP contribution in [-0.2, 0) is 16.0 Å². The van der Waals surface area contributed by atoms with Gasteiger partial charge in [0, 0.05) is 15.8 Å². The van der Waals surface area contributed by atoms with Gasteiger partial charge in [0.2, 0.25) is 6.04 Å². The molecule has 0 aromatic heterocycles. The fraction of sp³-hybridized carbons (Fsp3) is 0.417.